The second kappa shape index (κ2) is 5.15. The Labute approximate surface area is 118 Å². The molecule has 0 radical (unpaired) electrons. The minimum Gasteiger partial charge on any atom is -0.399 e. The molecule has 4 N–H and O–H groups in total. The maximum atomic E-state index is 12.8. The Balaban J connectivity index is 2.26. The van der Waals surface area contributed by atoms with Gasteiger partial charge >= 0.3 is 0 Å². The number of likely N-dealkylation sites (tertiary alicyclic amines) is 1. The van der Waals surface area contributed by atoms with Crippen LogP contribution >= 0.6 is 0 Å². The molecular weight excluding hydrogens is 254 g/mol. The van der Waals surface area contributed by atoms with Gasteiger partial charge in [0.2, 0.25) is 11.8 Å². The predicted octanol–water partition coefficient (Wildman–Crippen LogP) is 1.02. The molecule has 0 saturated carbocycles. The lowest BCUT2D eigenvalue weighted by molar-refractivity contribution is -0.141. The van der Waals surface area contributed by atoms with Crippen LogP contribution in [0.1, 0.15) is 32.3 Å². The molecule has 1 aliphatic rings. The number of carbonyl (C=O) groups is 2. The molecule has 1 atom stereocenters. The van der Waals surface area contributed by atoms with Crippen LogP contribution in [-0.4, -0.2) is 29.3 Å². The van der Waals surface area contributed by atoms with E-state index in [1.165, 1.54) is 0 Å². The highest BCUT2D eigenvalue weighted by Gasteiger charge is 2.40. The summed E-state index contributed by atoms with van der Waals surface area (Å²) >= 11 is 0. The third-order valence-corrected chi connectivity index (χ3v) is 4.01. The third-order valence-electron chi connectivity index (χ3n) is 4.01. The fourth-order valence-electron chi connectivity index (χ4n) is 2.69. The van der Waals surface area contributed by atoms with Crippen molar-refractivity contribution in [2.24, 2.45) is 5.73 Å². The molecule has 108 valence electrons. The van der Waals surface area contributed by atoms with Crippen molar-refractivity contribution < 1.29 is 9.59 Å². The third kappa shape index (κ3) is 2.48. The van der Waals surface area contributed by atoms with Gasteiger partial charge in [-0.25, -0.2) is 0 Å². The van der Waals surface area contributed by atoms with Crippen molar-refractivity contribution >= 4 is 17.5 Å². The van der Waals surface area contributed by atoms with Crippen LogP contribution in [0.3, 0.4) is 0 Å². The molecule has 0 aliphatic carbocycles. The molecular formula is C15H21N3O2. The number of hydrogen-bond acceptors (Lipinski definition) is 3. The van der Waals surface area contributed by atoms with Crippen molar-refractivity contribution in [2.45, 2.75) is 38.1 Å². The number of nitrogen functional groups attached to an aromatic ring is 1. The Bertz CT molecular complexity index is 522. The molecule has 1 aromatic rings. The number of benzene rings is 1. The Morgan fingerprint density at radius 1 is 1.25 bits per heavy atom. The van der Waals surface area contributed by atoms with E-state index in [0.717, 1.165) is 12.0 Å². The van der Waals surface area contributed by atoms with E-state index in [0.29, 0.717) is 18.7 Å². The maximum absolute atomic E-state index is 12.8. The smallest absolute Gasteiger partial charge is 0.240 e. The summed E-state index contributed by atoms with van der Waals surface area (Å²) in [6.45, 7) is 4.30. The normalized spacial score (nSPS) is 19.1. The van der Waals surface area contributed by atoms with Gasteiger partial charge in [0.15, 0.2) is 0 Å². The summed E-state index contributed by atoms with van der Waals surface area (Å²) in [5.41, 5.74) is 11.9. The number of anilines is 1. The molecule has 0 spiro atoms. The molecule has 1 fully saturated rings. The number of nitrogens with zero attached hydrogens (tertiary/aromatic N) is 1. The molecule has 5 heteroatoms. The summed E-state index contributed by atoms with van der Waals surface area (Å²) in [4.78, 5) is 25.8. The quantitative estimate of drug-likeness (QED) is 0.807. The summed E-state index contributed by atoms with van der Waals surface area (Å²) in [5, 5.41) is 0. The van der Waals surface area contributed by atoms with Gasteiger partial charge in [-0.15, -0.1) is 0 Å². The van der Waals surface area contributed by atoms with Crippen LogP contribution in [0.15, 0.2) is 24.3 Å². The van der Waals surface area contributed by atoms with E-state index in [4.69, 9.17) is 11.5 Å². The summed E-state index contributed by atoms with van der Waals surface area (Å²) in [5.74, 6) is -0.493. The standard InChI is InChI=1S/C15H21N3O2/c1-15(2,10-5-7-11(16)8-6-10)14(20)18-9-3-4-12(18)13(17)19/h5-8,12H,3-4,9,16H2,1-2H3,(H2,17,19). The highest BCUT2D eigenvalue weighted by Crippen LogP contribution is 2.30. The van der Waals surface area contributed by atoms with E-state index in [9.17, 15) is 9.59 Å². The molecule has 1 saturated heterocycles. The number of rotatable bonds is 3. The fourth-order valence-corrected chi connectivity index (χ4v) is 2.69. The van der Waals surface area contributed by atoms with Gasteiger partial charge in [0, 0.05) is 12.2 Å². The summed E-state index contributed by atoms with van der Waals surface area (Å²) in [6, 6.07) is 6.78. The van der Waals surface area contributed by atoms with E-state index < -0.39 is 17.4 Å². The van der Waals surface area contributed by atoms with Gasteiger partial charge in [-0.2, -0.15) is 0 Å². The molecule has 1 heterocycles. The van der Waals surface area contributed by atoms with Gasteiger partial charge in [0.05, 0.1) is 5.41 Å². The van der Waals surface area contributed by atoms with Gasteiger partial charge in [-0.3, -0.25) is 9.59 Å². The largest absolute Gasteiger partial charge is 0.399 e. The molecule has 0 bridgehead atoms. The topological polar surface area (TPSA) is 89.4 Å². The van der Waals surface area contributed by atoms with Crippen molar-refractivity contribution in [1.82, 2.24) is 4.90 Å². The maximum Gasteiger partial charge on any atom is 0.240 e. The van der Waals surface area contributed by atoms with Crippen LogP contribution in [0.4, 0.5) is 5.69 Å². The molecule has 2 amide bonds. The Hall–Kier alpha value is -2.04. The lowest BCUT2D eigenvalue weighted by Crippen LogP contribution is -2.50. The van der Waals surface area contributed by atoms with Crippen LogP contribution in [0.2, 0.25) is 0 Å². The van der Waals surface area contributed by atoms with Crippen molar-refractivity contribution in [3.05, 3.63) is 29.8 Å². The van der Waals surface area contributed by atoms with E-state index in [2.05, 4.69) is 0 Å². The van der Waals surface area contributed by atoms with Crippen molar-refractivity contribution in [3.63, 3.8) is 0 Å². The molecule has 1 unspecified atom stereocenters. The van der Waals surface area contributed by atoms with E-state index >= 15 is 0 Å². The van der Waals surface area contributed by atoms with Crippen molar-refractivity contribution in [2.75, 3.05) is 12.3 Å². The van der Waals surface area contributed by atoms with Crippen LogP contribution in [0, 0.1) is 0 Å². The second-order valence-electron chi connectivity index (χ2n) is 5.81. The first-order valence-corrected chi connectivity index (χ1v) is 6.80. The van der Waals surface area contributed by atoms with E-state index in [-0.39, 0.29) is 5.91 Å². The first-order chi connectivity index (χ1) is 9.34. The molecule has 1 aliphatic heterocycles. The fraction of sp³-hybridized carbons (Fsp3) is 0.467. The number of carbonyl (C=O) groups excluding carboxylic acids is 2. The van der Waals surface area contributed by atoms with E-state index in [1.54, 1.807) is 17.0 Å². The average Bonchev–Trinajstić information content (AvgIpc) is 2.87. The van der Waals surface area contributed by atoms with E-state index in [1.807, 2.05) is 26.0 Å². The predicted molar refractivity (Wildman–Crippen MR) is 77.8 cm³/mol. The van der Waals surface area contributed by atoms with Gasteiger partial charge in [0.1, 0.15) is 6.04 Å². The minimum atomic E-state index is -0.703. The summed E-state index contributed by atoms with van der Waals surface area (Å²) in [7, 11) is 0. The Kier molecular flexibility index (Phi) is 3.70. The zero-order chi connectivity index (χ0) is 14.9. The van der Waals surface area contributed by atoms with Crippen LogP contribution in [-0.2, 0) is 15.0 Å². The SMILES string of the molecule is CC(C)(C(=O)N1CCCC1C(N)=O)c1ccc(N)cc1. The molecule has 1 aromatic carbocycles. The number of amides is 2. The van der Waals surface area contributed by atoms with Crippen LogP contribution in [0.5, 0.6) is 0 Å². The molecule has 20 heavy (non-hydrogen) atoms. The Morgan fingerprint density at radius 2 is 1.85 bits per heavy atom. The zero-order valence-corrected chi connectivity index (χ0v) is 11.9. The van der Waals surface area contributed by atoms with Crippen molar-refractivity contribution in [3.8, 4) is 0 Å². The van der Waals surface area contributed by atoms with Crippen LogP contribution < -0.4 is 11.5 Å². The lowest BCUT2D eigenvalue weighted by atomic mass is 9.83. The average molecular weight is 275 g/mol. The zero-order valence-electron chi connectivity index (χ0n) is 11.9. The van der Waals surface area contributed by atoms with Gasteiger partial charge < -0.3 is 16.4 Å². The molecule has 0 aromatic heterocycles. The first kappa shape index (κ1) is 14.4. The first-order valence-electron chi connectivity index (χ1n) is 6.80. The Morgan fingerprint density at radius 3 is 2.40 bits per heavy atom. The highest BCUT2D eigenvalue weighted by molar-refractivity contribution is 5.92. The summed E-state index contributed by atoms with van der Waals surface area (Å²) < 4.78 is 0. The molecule has 5 nitrogen and oxygen atoms in total. The second-order valence-corrected chi connectivity index (χ2v) is 5.81. The van der Waals surface area contributed by atoms with Gasteiger partial charge in [0.25, 0.3) is 0 Å². The minimum absolute atomic E-state index is 0.0661. The lowest BCUT2D eigenvalue weighted by Gasteiger charge is -2.32. The van der Waals surface area contributed by atoms with Gasteiger partial charge in [-0.05, 0) is 44.4 Å². The number of primary amides is 1. The summed E-state index contributed by atoms with van der Waals surface area (Å²) in [6.07, 6.45) is 1.47. The van der Waals surface area contributed by atoms with Crippen LogP contribution in [0.25, 0.3) is 0 Å². The number of hydrogen-bond donors (Lipinski definition) is 2. The molecule has 2 rings (SSSR count). The van der Waals surface area contributed by atoms with Gasteiger partial charge in [-0.1, -0.05) is 12.1 Å². The number of nitrogens with two attached hydrogens (primary N) is 2. The highest BCUT2D eigenvalue weighted by atomic mass is 16.2. The monoisotopic (exact) mass is 275 g/mol. The van der Waals surface area contributed by atoms with Crippen molar-refractivity contribution in [1.29, 1.82) is 0 Å².